The highest BCUT2D eigenvalue weighted by molar-refractivity contribution is 5.44. The first-order valence-electron chi connectivity index (χ1n) is 7.54. The predicted octanol–water partition coefficient (Wildman–Crippen LogP) is 3.38. The van der Waals surface area contributed by atoms with E-state index in [1.807, 2.05) is 11.6 Å². The summed E-state index contributed by atoms with van der Waals surface area (Å²) in [6, 6.07) is 9.19. The molecule has 0 saturated heterocycles. The van der Waals surface area contributed by atoms with Crippen LogP contribution in [0.4, 0.5) is 0 Å². The summed E-state index contributed by atoms with van der Waals surface area (Å²) < 4.78 is 7.94. The first kappa shape index (κ1) is 14.9. The summed E-state index contributed by atoms with van der Waals surface area (Å²) in [5, 5.41) is 20.3. The molecule has 0 spiro atoms. The Labute approximate surface area is 134 Å². The molecule has 2 aromatic heterocycles. The van der Waals surface area contributed by atoms with Crippen LogP contribution in [0, 0.1) is 11.3 Å². The van der Waals surface area contributed by atoms with E-state index in [2.05, 4.69) is 28.3 Å². The zero-order chi connectivity index (χ0) is 16.2. The molecule has 0 aliphatic rings. The van der Waals surface area contributed by atoms with Crippen LogP contribution in [-0.2, 0) is 12.8 Å². The van der Waals surface area contributed by atoms with E-state index in [0.717, 1.165) is 35.7 Å². The first-order valence-corrected chi connectivity index (χ1v) is 7.54. The van der Waals surface area contributed by atoms with Gasteiger partial charge in [-0.2, -0.15) is 15.5 Å². The van der Waals surface area contributed by atoms with E-state index < -0.39 is 0 Å². The van der Waals surface area contributed by atoms with E-state index >= 15 is 0 Å². The molecular formula is C17H17N5O. The van der Waals surface area contributed by atoms with Gasteiger partial charge in [0, 0.05) is 6.20 Å². The summed E-state index contributed by atoms with van der Waals surface area (Å²) >= 11 is 0. The lowest BCUT2D eigenvalue weighted by Crippen LogP contribution is -2.00. The molecule has 0 aliphatic heterocycles. The van der Waals surface area contributed by atoms with E-state index in [-0.39, 0.29) is 0 Å². The maximum Gasteiger partial charge on any atom is 0.172 e. The number of hydrogen-bond donors (Lipinski definition) is 1. The van der Waals surface area contributed by atoms with Crippen molar-refractivity contribution in [3.63, 3.8) is 0 Å². The molecule has 3 aromatic rings. The number of aromatic nitrogens is 4. The van der Waals surface area contributed by atoms with Crippen LogP contribution in [-0.4, -0.2) is 20.0 Å². The molecule has 116 valence electrons. The number of benzene rings is 1. The minimum absolute atomic E-state index is 0.609. The van der Waals surface area contributed by atoms with Gasteiger partial charge in [-0.05, 0) is 37.1 Å². The number of H-pyrrole nitrogens is 1. The van der Waals surface area contributed by atoms with Crippen molar-refractivity contribution in [2.45, 2.75) is 26.7 Å². The van der Waals surface area contributed by atoms with Crippen LogP contribution < -0.4 is 4.74 Å². The molecule has 0 bridgehead atoms. The van der Waals surface area contributed by atoms with Crippen molar-refractivity contribution in [3.05, 3.63) is 53.6 Å². The Morgan fingerprint density at radius 2 is 2.00 bits per heavy atom. The third kappa shape index (κ3) is 2.81. The quantitative estimate of drug-likeness (QED) is 0.783. The minimum atomic E-state index is 0.609. The van der Waals surface area contributed by atoms with Crippen molar-refractivity contribution in [1.82, 2.24) is 20.0 Å². The Morgan fingerprint density at radius 3 is 2.57 bits per heavy atom. The SMILES string of the molecule is CCc1nn(-c2cn[nH]c2)c(CC)c1Oc1ccc(C#N)cc1. The van der Waals surface area contributed by atoms with Gasteiger partial charge in [0.15, 0.2) is 5.75 Å². The van der Waals surface area contributed by atoms with Gasteiger partial charge in [0.1, 0.15) is 17.1 Å². The number of nitrogens with one attached hydrogen (secondary N) is 1. The standard InChI is InChI=1S/C17H17N5O/c1-3-15-17(23-14-7-5-12(9-18)6-8-14)16(4-2)22(21-15)13-10-19-20-11-13/h5-8,10-11H,3-4H2,1-2H3,(H,19,20). The number of nitriles is 1. The number of nitrogens with zero attached hydrogens (tertiary/aromatic N) is 4. The highest BCUT2D eigenvalue weighted by Gasteiger charge is 2.19. The van der Waals surface area contributed by atoms with Gasteiger partial charge < -0.3 is 4.74 Å². The monoisotopic (exact) mass is 307 g/mol. The third-order valence-electron chi connectivity index (χ3n) is 3.60. The van der Waals surface area contributed by atoms with Gasteiger partial charge >= 0.3 is 0 Å². The molecule has 2 heterocycles. The second-order valence-corrected chi connectivity index (χ2v) is 5.04. The molecule has 1 N–H and O–H groups in total. The predicted molar refractivity (Wildman–Crippen MR) is 85.7 cm³/mol. The van der Waals surface area contributed by atoms with Crippen LogP contribution in [0.1, 0.15) is 30.8 Å². The highest BCUT2D eigenvalue weighted by atomic mass is 16.5. The summed E-state index contributed by atoms with van der Waals surface area (Å²) in [4.78, 5) is 0. The van der Waals surface area contributed by atoms with Gasteiger partial charge in [0.2, 0.25) is 0 Å². The molecule has 0 radical (unpaired) electrons. The van der Waals surface area contributed by atoms with Gasteiger partial charge in [0.25, 0.3) is 0 Å². The lowest BCUT2D eigenvalue weighted by Gasteiger charge is -2.08. The molecule has 6 nitrogen and oxygen atoms in total. The highest BCUT2D eigenvalue weighted by Crippen LogP contribution is 2.31. The fourth-order valence-corrected chi connectivity index (χ4v) is 2.44. The first-order chi connectivity index (χ1) is 11.3. The Morgan fingerprint density at radius 1 is 1.22 bits per heavy atom. The normalized spacial score (nSPS) is 10.5. The molecular weight excluding hydrogens is 290 g/mol. The van der Waals surface area contributed by atoms with Crippen molar-refractivity contribution in [3.8, 4) is 23.3 Å². The van der Waals surface area contributed by atoms with Crippen LogP contribution >= 0.6 is 0 Å². The maximum absolute atomic E-state index is 8.88. The second kappa shape index (κ2) is 6.36. The number of aryl methyl sites for hydroxylation is 1. The molecule has 6 heteroatoms. The summed E-state index contributed by atoms with van der Waals surface area (Å²) in [6.45, 7) is 4.12. The van der Waals surface area contributed by atoms with E-state index in [1.165, 1.54) is 0 Å². The summed E-state index contributed by atoms with van der Waals surface area (Å²) in [5.41, 5.74) is 3.38. The van der Waals surface area contributed by atoms with Crippen molar-refractivity contribution < 1.29 is 4.74 Å². The Kier molecular flexibility index (Phi) is 4.11. The molecule has 0 unspecified atom stereocenters. The summed E-state index contributed by atoms with van der Waals surface area (Å²) in [5.74, 6) is 1.47. The van der Waals surface area contributed by atoms with Crippen molar-refractivity contribution in [1.29, 1.82) is 5.26 Å². The van der Waals surface area contributed by atoms with Gasteiger partial charge in [-0.25, -0.2) is 4.68 Å². The van der Waals surface area contributed by atoms with Gasteiger partial charge in [0.05, 0.1) is 23.5 Å². The topological polar surface area (TPSA) is 79.5 Å². The number of ether oxygens (including phenoxy) is 1. The second-order valence-electron chi connectivity index (χ2n) is 5.04. The summed E-state index contributed by atoms with van der Waals surface area (Å²) in [7, 11) is 0. The van der Waals surface area contributed by atoms with Crippen LogP contribution in [0.5, 0.6) is 11.5 Å². The lowest BCUT2D eigenvalue weighted by atomic mass is 10.2. The number of hydrogen-bond acceptors (Lipinski definition) is 4. The molecule has 0 aliphatic carbocycles. The van der Waals surface area contributed by atoms with Crippen molar-refractivity contribution >= 4 is 0 Å². The lowest BCUT2D eigenvalue weighted by molar-refractivity contribution is 0.470. The number of rotatable bonds is 5. The molecule has 0 fully saturated rings. The number of aromatic amines is 1. The van der Waals surface area contributed by atoms with Crippen LogP contribution in [0.25, 0.3) is 5.69 Å². The Hall–Kier alpha value is -3.07. The van der Waals surface area contributed by atoms with Gasteiger partial charge in [-0.3, -0.25) is 5.10 Å². The van der Waals surface area contributed by atoms with Crippen LogP contribution in [0.2, 0.25) is 0 Å². The molecule has 0 saturated carbocycles. The van der Waals surface area contributed by atoms with Crippen molar-refractivity contribution in [2.75, 3.05) is 0 Å². The van der Waals surface area contributed by atoms with Crippen LogP contribution in [0.3, 0.4) is 0 Å². The average molecular weight is 307 g/mol. The molecule has 23 heavy (non-hydrogen) atoms. The Balaban J connectivity index is 2.01. The summed E-state index contributed by atoms with van der Waals surface area (Å²) in [6.07, 6.45) is 5.08. The van der Waals surface area contributed by atoms with Crippen molar-refractivity contribution in [2.24, 2.45) is 0 Å². The Bertz CT molecular complexity index is 825. The minimum Gasteiger partial charge on any atom is -0.453 e. The largest absolute Gasteiger partial charge is 0.453 e. The van der Waals surface area contributed by atoms with E-state index in [9.17, 15) is 0 Å². The fourth-order valence-electron chi connectivity index (χ4n) is 2.44. The van der Waals surface area contributed by atoms with E-state index in [0.29, 0.717) is 11.3 Å². The zero-order valence-corrected chi connectivity index (χ0v) is 13.1. The van der Waals surface area contributed by atoms with E-state index in [4.69, 9.17) is 10.00 Å². The fraction of sp³-hybridized carbons (Fsp3) is 0.235. The zero-order valence-electron chi connectivity index (χ0n) is 13.1. The molecule has 1 aromatic carbocycles. The smallest absolute Gasteiger partial charge is 0.172 e. The molecule has 0 atom stereocenters. The van der Waals surface area contributed by atoms with Gasteiger partial charge in [-0.1, -0.05) is 13.8 Å². The van der Waals surface area contributed by atoms with E-state index in [1.54, 1.807) is 36.7 Å². The average Bonchev–Trinajstić information content (AvgIpc) is 3.22. The van der Waals surface area contributed by atoms with Crippen LogP contribution in [0.15, 0.2) is 36.7 Å². The maximum atomic E-state index is 8.88. The molecule has 3 rings (SSSR count). The third-order valence-corrected chi connectivity index (χ3v) is 3.60. The molecule has 0 amide bonds. The van der Waals surface area contributed by atoms with Gasteiger partial charge in [-0.15, -0.1) is 0 Å².